The van der Waals surface area contributed by atoms with Crippen LogP contribution in [-0.4, -0.2) is 27.4 Å². The first kappa shape index (κ1) is 18.7. The lowest BCUT2D eigenvalue weighted by atomic mass is 10.2. The Bertz CT molecular complexity index is 1050. The molecule has 26 heavy (non-hydrogen) atoms. The normalized spacial score (nSPS) is 10.9. The fourth-order valence-electron chi connectivity index (χ4n) is 2.52. The van der Waals surface area contributed by atoms with Gasteiger partial charge in [-0.3, -0.25) is 14.2 Å². The molecule has 0 aliphatic heterocycles. The number of hydrogen-bond donors (Lipinski definition) is 0. The number of likely N-dealkylation sites (N-methyl/N-ethyl adjacent to an activating group) is 1. The van der Waals surface area contributed by atoms with Crippen LogP contribution in [0.5, 0.6) is 0 Å². The van der Waals surface area contributed by atoms with E-state index in [4.69, 9.17) is 0 Å². The lowest BCUT2D eigenvalue weighted by Crippen LogP contribution is -2.34. The Balaban J connectivity index is 1.81. The topological polar surface area (TPSA) is 55.2 Å². The SMILES string of the molecule is CN(Cc1cc(Br)ccc1F)C(=O)Cn1cnc2ccc(Br)cc2c1=O. The van der Waals surface area contributed by atoms with Crippen LogP contribution in [0.1, 0.15) is 5.56 Å². The summed E-state index contributed by atoms with van der Waals surface area (Å²) >= 11 is 6.61. The molecule has 1 aromatic heterocycles. The predicted molar refractivity (Wildman–Crippen MR) is 104 cm³/mol. The lowest BCUT2D eigenvalue weighted by molar-refractivity contribution is -0.131. The molecule has 0 spiro atoms. The highest BCUT2D eigenvalue weighted by atomic mass is 79.9. The van der Waals surface area contributed by atoms with Crippen molar-refractivity contribution in [3.8, 4) is 0 Å². The number of rotatable bonds is 4. The molecule has 0 atom stereocenters. The summed E-state index contributed by atoms with van der Waals surface area (Å²) in [6.07, 6.45) is 1.35. The van der Waals surface area contributed by atoms with Crippen LogP contribution in [0.15, 0.2) is 56.5 Å². The Morgan fingerprint density at radius 1 is 1.19 bits per heavy atom. The van der Waals surface area contributed by atoms with Gasteiger partial charge in [0.1, 0.15) is 12.4 Å². The second kappa shape index (κ2) is 7.67. The van der Waals surface area contributed by atoms with Gasteiger partial charge in [0.2, 0.25) is 5.91 Å². The summed E-state index contributed by atoms with van der Waals surface area (Å²) in [4.78, 5) is 30.6. The van der Waals surface area contributed by atoms with E-state index in [1.54, 1.807) is 37.4 Å². The van der Waals surface area contributed by atoms with Crippen molar-refractivity contribution in [3.05, 3.63) is 73.4 Å². The third kappa shape index (κ3) is 4.02. The molecule has 0 saturated carbocycles. The van der Waals surface area contributed by atoms with Gasteiger partial charge in [-0.1, -0.05) is 31.9 Å². The van der Waals surface area contributed by atoms with E-state index >= 15 is 0 Å². The predicted octanol–water partition coefficient (Wildman–Crippen LogP) is 3.72. The Labute approximate surface area is 165 Å². The van der Waals surface area contributed by atoms with Gasteiger partial charge in [0, 0.05) is 28.1 Å². The lowest BCUT2D eigenvalue weighted by Gasteiger charge is -2.18. The highest BCUT2D eigenvalue weighted by Gasteiger charge is 2.14. The molecule has 1 amide bonds. The number of halogens is 3. The Hall–Kier alpha value is -2.06. The maximum atomic E-state index is 13.9. The monoisotopic (exact) mass is 481 g/mol. The van der Waals surface area contributed by atoms with E-state index in [1.165, 1.54) is 21.9 Å². The zero-order chi connectivity index (χ0) is 18.8. The maximum Gasteiger partial charge on any atom is 0.261 e. The van der Waals surface area contributed by atoms with Crippen LogP contribution >= 0.6 is 31.9 Å². The van der Waals surface area contributed by atoms with Gasteiger partial charge in [-0.05, 0) is 36.4 Å². The molecule has 0 radical (unpaired) electrons. The zero-order valence-corrected chi connectivity index (χ0v) is 16.9. The molecule has 0 saturated heterocycles. The van der Waals surface area contributed by atoms with Crippen molar-refractivity contribution in [1.29, 1.82) is 0 Å². The van der Waals surface area contributed by atoms with Crippen LogP contribution in [0.4, 0.5) is 4.39 Å². The smallest absolute Gasteiger partial charge is 0.261 e. The molecule has 0 aliphatic carbocycles. The van der Waals surface area contributed by atoms with E-state index < -0.39 is 0 Å². The summed E-state index contributed by atoms with van der Waals surface area (Å²) in [6.45, 7) is -0.0637. The van der Waals surface area contributed by atoms with Gasteiger partial charge in [-0.15, -0.1) is 0 Å². The molecule has 0 fully saturated rings. The molecule has 2 aromatic carbocycles. The number of benzene rings is 2. The summed E-state index contributed by atoms with van der Waals surface area (Å²) < 4.78 is 16.6. The van der Waals surface area contributed by atoms with E-state index in [1.807, 2.05) is 0 Å². The van der Waals surface area contributed by atoms with Crippen molar-refractivity contribution in [2.75, 3.05) is 7.05 Å². The van der Waals surface area contributed by atoms with Gasteiger partial charge in [-0.25, -0.2) is 9.37 Å². The van der Waals surface area contributed by atoms with Gasteiger partial charge < -0.3 is 4.90 Å². The van der Waals surface area contributed by atoms with Crippen LogP contribution in [0.3, 0.4) is 0 Å². The van der Waals surface area contributed by atoms with Crippen LogP contribution in [-0.2, 0) is 17.9 Å². The number of nitrogens with zero attached hydrogens (tertiary/aromatic N) is 3. The van der Waals surface area contributed by atoms with Crippen molar-refractivity contribution in [3.63, 3.8) is 0 Å². The minimum Gasteiger partial charge on any atom is -0.340 e. The number of carbonyl (C=O) groups excluding carboxylic acids is 1. The van der Waals surface area contributed by atoms with Gasteiger partial charge in [-0.2, -0.15) is 0 Å². The first-order valence-electron chi connectivity index (χ1n) is 7.68. The standard InChI is InChI=1S/C18H14Br2FN3O2/c1-23(8-11-6-12(19)2-4-15(11)21)17(25)9-24-10-22-16-5-3-13(20)7-14(16)18(24)26/h2-7,10H,8-9H2,1H3. The molecule has 0 unspecified atom stereocenters. The molecule has 0 aliphatic rings. The van der Waals surface area contributed by atoms with E-state index in [0.29, 0.717) is 16.5 Å². The highest BCUT2D eigenvalue weighted by molar-refractivity contribution is 9.10. The highest BCUT2D eigenvalue weighted by Crippen LogP contribution is 2.17. The first-order valence-corrected chi connectivity index (χ1v) is 9.26. The maximum absolute atomic E-state index is 13.9. The zero-order valence-electron chi connectivity index (χ0n) is 13.7. The van der Waals surface area contributed by atoms with E-state index in [-0.39, 0.29) is 30.4 Å². The van der Waals surface area contributed by atoms with Crippen molar-refractivity contribution in [2.45, 2.75) is 13.1 Å². The number of hydrogen-bond acceptors (Lipinski definition) is 3. The fraction of sp³-hybridized carbons (Fsp3) is 0.167. The molecule has 8 heteroatoms. The van der Waals surface area contributed by atoms with Gasteiger partial charge >= 0.3 is 0 Å². The van der Waals surface area contributed by atoms with Crippen LogP contribution in [0, 0.1) is 5.82 Å². The minimum atomic E-state index is -0.387. The molecule has 0 N–H and O–H groups in total. The second-order valence-corrected chi connectivity index (χ2v) is 7.66. The Morgan fingerprint density at radius 2 is 1.88 bits per heavy atom. The van der Waals surface area contributed by atoms with Crippen molar-refractivity contribution in [2.24, 2.45) is 0 Å². The van der Waals surface area contributed by atoms with Crippen LogP contribution < -0.4 is 5.56 Å². The molecule has 5 nitrogen and oxygen atoms in total. The Kier molecular flexibility index (Phi) is 5.52. The molecular weight excluding hydrogens is 469 g/mol. The average Bonchev–Trinajstić information content (AvgIpc) is 2.61. The van der Waals surface area contributed by atoms with Gasteiger partial charge in [0.25, 0.3) is 5.56 Å². The summed E-state index contributed by atoms with van der Waals surface area (Å²) in [6, 6.07) is 9.76. The molecule has 0 bridgehead atoms. The van der Waals surface area contributed by atoms with Crippen LogP contribution in [0.25, 0.3) is 10.9 Å². The van der Waals surface area contributed by atoms with E-state index in [2.05, 4.69) is 36.8 Å². The molecule has 3 rings (SSSR count). The van der Waals surface area contributed by atoms with E-state index in [0.717, 1.165) is 8.95 Å². The molecule has 1 heterocycles. The molecule has 3 aromatic rings. The van der Waals surface area contributed by atoms with Crippen molar-refractivity contribution < 1.29 is 9.18 Å². The van der Waals surface area contributed by atoms with Crippen LogP contribution in [0.2, 0.25) is 0 Å². The Morgan fingerprint density at radius 3 is 2.65 bits per heavy atom. The van der Waals surface area contributed by atoms with E-state index in [9.17, 15) is 14.0 Å². The molecular formula is C18H14Br2FN3O2. The minimum absolute atomic E-state index is 0.103. The van der Waals surface area contributed by atoms with Crippen molar-refractivity contribution >= 4 is 48.7 Å². The summed E-state index contributed by atoms with van der Waals surface area (Å²) in [5.41, 5.74) is 0.654. The van der Waals surface area contributed by atoms with Gasteiger partial charge in [0.15, 0.2) is 0 Å². The number of aromatic nitrogens is 2. The quantitative estimate of drug-likeness (QED) is 0.569. The second-order valence-electron chi connectivity index (χ2n) is 5.82. The fourth-order valence-corrected chi connectivity index (χ4v) is 3.29. The van der Waals surface area contributed by atoms with Crippen molar-refractivity contribution in [1.82, 2.24) is 14.5 Å². The van der Waals surface area contributed by atoms with Gasteiger partial charge in [0.05, 0.1) is 17.2 Å². The number of fused-ring (bicyclic) bond motifs is 1. The summed E-state index contributed by atoms with van der Waals surface area (Å²) in [5, 5.41) is 0.426. The summed E-state index contributed by atoms with van der Waals surface area (Å²) in [5.74, 6) is -0.704. The third-order valence-electron chi connectivity index (χ3n) is 3.93. The summed E-state index contributed by atoms with van der Waals surface area (Å²) in [7, 11) is 1.57. The third-order valence-corrected chi connectivity index (χ3v) is 4.92. The average molecular weight is 483 g/mol. The largest absolute Gasteiger partial charge is 0.340 e. The number of amides is 1. The number of carbonyl (C=O) groups is 1. The first-order chi connectivity index (χ1) is 12.3. The molecule has 134 valence electrons.